The third kappa shape index (κ3) is 3.53. The molecule has 0 amide bonds. The molecule has 1 heterocycles. The van der Waals surface area contributed by atoms with Crippen LogP contribution in [0, 0.1) is 5.82 Å². The van der Waals surface area contributed by atoms with Gasteiger partial charge in [0.1, 0.15) is 6.61 Å². The van der Waals surface area contributed by atoms with Crippen LogP contribution in [0.5, 0.6) is 5.88 Å². The number of ether oxygens (including phenoxy) is 1. The molecular weight excluding hydrogens is 197 g/mol. The molecule has 5 heteroatoms. The van der Waals surface area contributed by atoms with Gasteiger partial charge in [-0.15, -0.1) is 0 Å². The Morgan fingerprint density at radius 2 is 2.47 bits per heavy atom. The molecule has 15 heavy (non-hydrogen) atoms. The van der Waals surface area contributed by atoms with E-state index in [9.17, 15) is 4.39 Å². The number of rotatable bonds is 6. The summed E-state index contributed by atoms with van der Waals surface area (Å²) in [4.78, 5) is 7.66. The third-order valence-corrected chi connectivity index (χ3v) is 1.58. The molecule has 1 aromatic rings. The number of anilines is 1. The van der Waals surface area contributed by atoms with E-state index in [0.29, 0.717) is 5.95 Å². The average Bonchev–Trinajstić information content (AvgIpc) is 2.26. The molecule has 1 aromatic heterocycles. The minimum atomic E-state index is -0.570. The fraction of sp³-hybridized carbons (Fsp3) is 0.400. The minimum absolute atomic E-state index is 0.0523. The molecule has 0 spiro atoms. The molecule has 82 valence electrons. The molecule has 1 rings (SSSR count). The molecule has 4 nitrogen and oxygen atoms in total. The molecule has 0 unspecified atom stereocenters. The fourth-order valence-corrected chi connectivity index (χ4v) is 0.913. The van der Waals surface area contributed by atoms with Crippen molar-refractivity contribution in [2.75, 3.05) is 18.5 Å². The van der Waals surface area contributed by atoms with E-state index in [0.717, 1.165) is 19.2 Å². The zero-order chi connectivity index (χ0) is 11.1. The van der Waals surface area contributed by atoms with Gasteiger partial charge in [0.25, 0.3) is 5.88 Å². The Kier molecular flexibility index (Phi) is 4.53. The summed E-state index contributed by atoms with van der Waals surface area (Å²) in [5, 5.41) is 2.94. The van der Waals surface area contributed by atoms with Crippen molar-refractivity contribution in [2.45, 2.75) is 13.3 Å². The van der Waals surface area contributed by atoms with E-state index < -0.39 is 5.82 Å². The van der Waals surface area contributed by atoms with Gasteiger partial charge in [0.05, 0.1) is 6.20 Å². The van der Waals surface area contributed by atoms with E-state index in [4.69, 9.17) is 4.74 Å². The zero-order valence-electron chi connectivity index (χ0n) is 8.66. The SMILES string of the molecule is C=CCOc1nc(NCCC)ncc1F. The lowest BCUT2D eigenvalue weighted by Gasteiger charge is -2.06. The van der Waals surface area contributed by atoms with Crippen molar-refractivity contribution in [3.63, 3.8) is 0 Å². The molecule has 0 aromatic carbocycles. The highest BCUT2D eigenvalue weighted by Crippen LogP contribution is 2.14. The van der Waals surface area contributed by atoms with E-state index in [1.807, 2.05) is 6.92 Å². The summed E-state index contributed by atoms with van der Waals surface area (Å²) in [5.41, 5.74) is 0. The van der Waals surface area contributed by atoms with E-state index >= 15 is 0 Å². The van der Waals surface area contributed by atoms with Crippen LogP contribution in [0.4, 0.5) is 10.3 Å². The highest BCUT2D eigenvalue weighted by atomic mass is 19.1. The van der Waals surface area contributed by atoms with Crippen molar-refractivity contribution in [3.05, 3.63) is 24.7 Å². The quantitative estimate of drug-likeness (QED) is 0.731. The number of halogens is 1. The van der Waals surface area contributed by atoms with Crippen molar-refractivity contribution in [1.29, 1.82) is 0 Å². The fourth-order valence-electron chi connectivity index (χ4n) is 0.913. The first kappa shape index (κ1) is 11.4. The second kappa shape index (κ2) is 5.95. The van der Waals surface area contributed by atoms with Gasteiger partial charge in [-0.1, -0.05) is 19.6 Å². The largest absolute Gasteiger partial charge is 0.471 e. The van der Waals surface area contributed by atoms with Crippen LogP contribution in [0.3, 0.4) is 0 Å². The Morgan fingerprint density at radius 3 is 3.13 bits per heavy atom. The molecule has 0 saturated carbocycles. The summed E-state index contributed by atoms with van der Waals surface area (Å²) < 4.78 is 18.1. The molecule has 0 radical (unpaired) electrons. The Morgan fingerprint density at radius 1 is 1.67 bits per heavy atom. The first-order valence-electron chi connectivity index (χ1n) is 4.78. The number of nitrogens with zero attached hydrogens (tertiary/aromatic N) is 2. The normalized spacial score (nSPS) is 9.73. The second-order valence-electron chi connectivity index (χ2n) is 2.87. The van der Waals surface area contributed by atoms with Crippen LogP contribution in [-0.2, 0) is 0 Å². The Hall–Kier alpha value is -1.65. The predicted octanol–water partition coefficient (Wildman–Crippen LogP) is 2.00. The number of hydrogen-bond acceptors (Lipinski definition) is 4. The van der Waals surface area contributed by atoms with Crippen molar-refractivity contribution < 1.29 is 9.13 Å². The molecule has 0 fully saturated rings. The van der Waals surface area contributed by atoms with Crippen LogP contribution < -0.4 is 10.1 Å². The van der Waals surface area contributed by atoms with Crippen LogP contribution >= 0.6 is 0 Å². The molecular formula is C10H14FN3O. The summed E-state index contributed by atoms with van der Waals surface area (Å²) in [6, 6.07) is 0. The summed E-state index contributed by atoms with van der Waals surface area (Å²) in [6.07, 6.45) is 3.56. The van der Waals surface area contributed by atoms with Crippen LogP contribution in [0.25, 0.3) is 0 Å². The first-order chi connectivity index (χ1) is 7.27. The van der Waals surface area contributed by atoms with Crippen molar-refractivity contribution >= 4 is 5.95 Å². The van der Waals surface area contributed by atoms with Crippen molar-refractivity contribution in [1.82, 2.24) is 9.97 Å². The molecule has 1 N–H and O–H groups in total. The van der Waals surface area contributed by atoms with Gasteiger partial charge in [0, 0.05) is 6.54 Å². The Labute approximate surface area is 88.2 Å². The molecule has 0 bridgehead atoms. The lowest BCUT2D eigenvalue weighted by atomic mass is 10.5. The van der Waals surface area contributed by atoms with Gasteiger partial charge in [-0.3, -0.25) is 0 Å². The van der Waals surface area contributed by atoms with Gasteiger partial charge in [0.15, 0.2) is 0 Å². The van der Waals surface area contributed by atoms with Gasteiger partial charge in [-0.25, -0.2) is 4.98 Å². The summed E-state index contributed by atoms with van der Waals surface area (Å²) in [6.45, 7) is 6.46. The highest BCUT2D eigenvalue weighted by Gasteiger charge is 2.06. The lowest BCUT2D eigenvalue weighted by molar-refractivity contribution is 0.326. The Balaban J connectivity index is 2.70. The van der Waals surface area contributed by atoms with Gasteiger partial charge in [-0.05, 0) is 6.42 Å². The minimum Gasteiger partial charge on any atom is -0.471 e. The summed E-state index contributed by atoms with van der Waals surface area (Å²) in [7, 11) is 0. The van der Waals surface area contributed by atoms with Gasteiger partial charge in [-0.2, -0.15) is 9.37 Å². The smallest absolute Gasteiger partial charge is 0.255 e. The number of hydrogen-bond donors (Lipinski definition) is 1. The van der Waals surface area contributed by atoms with Crippen molar-refractivity contribution in [3.8, 4) is 5.88 Å². The maximum Gasteiger partial charge on any atom is 0.255 e. The topological polar surface area (TPSA) is 47.0 Å². The van der Waals surface area contributed by atoms with Crippen LogP contribution in [0.1, 0.15) is 13.3 Å². The van der Waals surface area contributed by atoms with Gasteiger partial charge >= 0.3 is 0 Å². The average molecular weight is 211 g/mol. The standard InChI is InChI=1S/C10H14FN3O/c1-3-5-12-10-13-7-8(11)9(14-10)15-6-4-2/h4,7H,2-3,5-6H2,1H3,(H,12,13,14). The van der Waals surface area contributed by atoms with E-state index in [-0.39, 0.29) is 12.5 Å². The molecule has 0 aliphatic heterocycles. The molecule has 0 saturated heterocycles. The van der Waals surface area contributed by atoms with Gasteiger partial charge < -0.3 is 10.1 Å². The third-order valence-electron chi connectivity index (χ3n) is 1.58. The van der Waals surface area contributed by atoms with Gasteiger partial charge in [0.2, 0.25) is 11.8 Å². The lowest BCUT2D eigenvalue weighted by Crippen LogP contribution is -2.07. The second-order valence-corrected chi connectivity index (χ2v) is 2.87. The Bertz CT molecular complexity index is 330. The first-order valence-corrected chi connectivity index (χ1v) is 4.78. The number of nitrogens with one attached hydrogen (secondary N) is 1. The van der Waals surface area contributed by atoms with Crippen molar-refractivity contribution in [2.24, 2.45) is 0 Å². The maximum atomic E-state index is 13.1. The summed E-state index contributed by atoms with van der Waals surface area (Å²) >= 11 is 0. The summed E-state index contributed by atoms with van der Waals surface area (Å²) in [5.74, 6) is -0.250. The number of aromatic nitrogens is 2. The van der Waals surface area contributed by atoms with Crippen LogP contribution in [0.15, 0.2) is 18.9 Å². The molecule has 0 aliphatic rings. The van der Waals surface area contributed by atoms with E-state index in [2.05, 4.69) is 21.9 Å². The molecule has 0 aliphatic carbocycles. The maximum absolute atomic E-state index is 13.1. The van der Waals surface area contributed by atoms with Crippen LogP contribution in [0.2, 0.25) is 0 Å². The monoisotopic (exact) mass is 211 g/mol. The van der Waals surface area contributed by atoms with Crippen LogP contribution in [-0.4, -0.2) is 23.1 Å². The van der Waals surface area contributed by atoms with E-state index in [1.165, 1.54) is 6.08 Å². The van der Waals surface area contributed by atoms with E-state index in [1.54, 1.807) is 0 Å². The highest BCUT2D eigenvalue weighted by molar-refractivity contribution is 5.28. The predicted molar refractivity (Wildman–Crippen MR) is 56.5 cm³/mol. The molecule has 0 atom stereocenters. The zero-order valence-corrected chi connectivity index (χ0v) is 8.66.